The Labute approximate surface area is 117 Å². The molecule has 1 aromatic heterocycles. The van der Waals surface area contributed by atoms with E-state index in [1.807, 2.05) is 36.4 Å². The molecule has 0 saturated heterocycles. The standard InChI is InChI=1S/C16H16N2O2/c1-20-16(19)15-11-14(12-7-5-6-8-12)17-18(15)13-9-3-2-4-10-13/h2-4,7,9-11H,5-6,8H2,1H3. The van der Waals surface area contributed by atoms with Crippen molar-refractivity contribution < 1.29 is 9.53 Å². The van der Waals surface area contributed by atoms with Crippen LogP contribution in [0.4, 0.5) is 0 Å². The number of nitrogens with zero attached hydrogens (tertiary/aromatic N) is 2. The number of rotatable bonds is 3. The molecular weight excluding hydrogens is 252 g/mol. The summed E-state index contributed by atoms with van der Waals surface area (Å²) in [4.78, 5) is 11.9. The topological polar surface area (TPSA) is 44.1 Å². The molecule has 0 amide bonds. The molecule has 0 radical (unpaired) electrons. The third-order valence-corrected chi connectivity index (χ3v) is 3.47. The highest BCUT2D eigenvalue weighted by atomic mass is 16.5. The van der Waals surface area contributed by atoms with Gasteiger partial charge in [-0.1, -0.05) is 24.3 Å². The van der Waals surface area contributed by atoms with Gasteiger partial charge in [0.15, 0.2) is 5.69 Å². The lowest BCUT2D eigenvalue weighted by molar-refractivity contribution is 0.0590. The summed E-state index contributed by atoms with van der Waals surface area (Å²) in [6.45, 7) is 0. The smallest absolute Gasteiger partial charge is 0.356 e. The van der Waals surface area contributed by atoms with Gasteiger partial charge in [0.25, 0.3) is 0 Å². The molecule has 1 aromatic carbocycles. The molecule has 4 heteroatoms. The van der Waals surface area contributed by atoms with Crippen LogP contribution in [0.5, 0.6) is 0 Å². The fraction of sp³-hybridized carbons (Fsp3) is 0.250. The van der Waals surface area contributed by atoms with Crippen molar-refractivity contribution in [2.75, 3.05) is 7.11 Å². The van der Waals surface area contributed by atoms with Gasteiger partial charge in [-0.05, 0) is 43.0 Å². The number of methoxy groups -OCH3 is 1. The lowest BCUT2D eigenvalue weighted by Gasteiger charge is -2.05. The summed E-state index contributed by atoms with van der Waals surface area (Å²) in [5.74, 6) is -0.369. The summed E-state index contributed by atoms with van der Waals surface area (Å²) in [6.07, 6.45) is 5.45. The SMILES string of the molecule is COC(=O)c1cc(C2=CCCC2)nn1-c1ccccc1. The van der Waals surface area contributed by atoms with Crippen LogP contribution in [0.1, 0.15) is 35.4 Å². The number of aromatic nitrogens is 2. The van der Waals surface area contributed by atoms with Gasteiger partial charge in [-0.2, -0.15) is 5.10 Å². The van der Waals surface area contributed by atoms with Crippen LogP contribution in [0.2, 0.25) is 0 Å². The highest BCUT2D eigenvalue weighted by Crippen LogP contribution is 2.28. The highest BCUT2D eigenvalue weighted by Gasteiger charge is 2.19. The molecule has 0 spiro atoms. The molecule has 3 rings (SSSR count). The van der Waals surface area contributed by atoms with Crippen molar-refractivity contribution in [2.45, 2.75) is 19.3 Å². The minimum Gasteiger partial charge on any atom is -0.464 e. The van der Waals surface area contributed by atoms with Crippen molar-refractivity contribution in [1.29, 1.82) is 0 Å². The second kappa shape index (κ2) is 5.33. The Kier molecular flexibility index (Phi) is 3.37. The van der Waals surface area contributed by atoms with Gasteiger partial charge in [-0.25, -0.2) is 9.48 Å². The van der Waals surface area contributed by atoms with Crippen molar-refractivity contribution >= 4 is 11.5 Å². The molecule has 1 aliphatic rings. The maximum atomic E-state index is 11.9. The fourth-order valence-electron chi connectivity index (χ4n) is 2.46. The average molecular weight is 268 g/mol. The van der Waals surface area contributed by atoms with E-state index < -0.39 is 0 Å². The van der Waals surface area contributed by atoms with Gasteiger partial charge in [0, 0.05) is 0 Å². The fourth-order valence-corrected chi connectivity index (χ4v) is 2.46. The molecule has 102 valence electrons. The van der Waals surface area contributed by atoms with E-state index in [2.05, 4.69) is 11.2 Å². The number of carbonyl (C=O) groups is 1. The third kappa shape index (κ3) is 2.25. The molecule has 20 heavy (non-hydrogen) atoms. The lowest BCUT2D eigenvalue weighted by Crippen LogP contribution is -2.10. The maximum absolute atomic E-state index is 11.9. The minimum atomic E-state index is -0.369. The average Bonchev–Trinajstić information content (AvgIpc) is 3.16. The van der Waals surface area contributed by atoms with Crippen molar-refractivity contribution in [3.63, 3.8) is 0 Å². The molecule has 0 N–H and O–H groups in total. The van der Waals surface area contributed by atoms with Crippen molar-refractivity contribution in [1.82, 2.24) is 9.78 Å². The number of carbonyl (C=O) groups excluding carboxylic acids is 1. The van der Waals surface area contributed by atoms with Gasteiger partial charge in [-0.3, -0.25) is 0 Å². The molecule has 0 bridgehead atoms. The van der Waals surface area contributed by atoms with E-state index in [-0.39, 0.29) is 5.97 Å². The van der Waals surface area contributed by atoms with Gasteiger partial charge in [0.2, 0.25) is 0 Å². The summed E-state index contributed by atoms with van der Waals surface area (Å²) < 4.78 is 6.51. The first-order valence-corrected chi connectivity index (χ1v) is 6.73. The van der Waals surface area contributed by atoms with Crippen LogP contribution in [0.15, 0.2) is 42.5 Å². The van der Waals surface area contributed by atoms with Gasteiger partial charge in [0.1, 0.15) is 0 Å². The molecule has 0 aliphatic heterocycles. The molecule has 0 unspecified atom stereocenters. The largest absolute Gasteiger partial charge is 0.464 e. The van der Waals surface area contributed by atoms with Gasteiger partial charge in [-0.15, -0.1) is 0 Å². The van der Waals surface area contributed by atoms with E-state index in [9.17, 15) is 4.79 Å². The second-order valence-electron chi connectivity index (χ2n) is 4.78. The van der Waals surface area contributed by atoms with Crippen molar-refractivity contribution in [2.24, 2.45) is 0 Å². The predicted octanol–water partition coefficient (Wildman–Crippen LogP) is 3.23. The Morgan fingerprint density at radius 1 is 1.30 bits per heavy atom. The van der Waals surface area contributed by atoms with E-state index >= 15 is 0 Å². The zero-order valence-corrected chi connectivity index (χ0v) is 11.4. The number of esters is 1. The predicted molar refractivity (Wildman–Crippen MR) is 76.7 cm³/mol. The third-order valence-electron chi connectivity index (χ3n) is 3.47. The van der Waals surface area contributed by atoms with Crippen LogP contribution in [0.3, 0.4) is 0 Å². The van der Waals surface area contributed by atoms with Crippen LogP contribution in [0.25, 0.3) is 11.3 Å². The number of para-hydroxylation sites is 1. The van der Waals surface area contributed by atoms with Gasteiger partial charge < -0.3 is 4.74 Å². The second-order valence-corrected chi connectivity index (χ2v) is 4.78. The first kappa shape index (κ1) is 12.7. The molecule has 0 fully saturated rings. The van der Waals surface area contributed by atoms with Crippen LogP contribution < -0.4 is 0 Å². The Morgan fingerprint density at radius 3 is 2.75 bits per heavy atom. The Bertz CT molecular complexity index is 656. The zero-order valence-electron chi connectivity index (χ0n) is 11.4. The first-order chi connectivity index (χ1) is 9.79. The normalized spacial score (nSPS) is 14.2. The summed E-state index contributed by atoms with van der Waals surface area (Å²) in [5, 5.41) is 4.58. The number of hydrogen-bond acceptors (Lipinski definition) is 3. The summed E-state index contributed by atoms with van der Waals surface area (Å²) in [6, 6.07) is 11.4. The van der Waals surface area contributed by atoms with E-state index in [0.29, 0.717) is 5.69 Å². The van der Waals surface area contributed by atoms with E-state index in [1.54, 1.807) is 4.68 Å². The monoisotopic (exact) mass is 268 g/mol. The minimum absolute atomic E-state index is 0.369. The van der Waals surface area contributed by atoms with E-state index in [0.717, 1.165) is 30.6 Å². The van der Waals surface area contributed by atoms with Crippen LogP contribution in [-0.2, 0) is 4.74 Å². The Morgan fingerprint density at radius 2 is 2.10 bits per heavy atom. The Balaban J connectivity index is 2.09. The van der Waals surface area contributed by atoms with Gasteiger partial charge in [0.05, 0.1) is 18.5 Å². The van der Waals surface area contributed by atoms with E-state index in [1.165, 1.54) is 12.7 Å². The molecule has 4 nitrogen and oxygen atoms in total. The summed E-state index contributed by atoms with van der Waals surface area (Å²) >= 11 is 0. The van der Waals surface area contributed by atoms with Crippen LogP contribution in [-0.4, -0.2) is 22.9 Å². The van der Waals surface area contributed by atoms with E-state index in [4.69, 9.17) is 4.74 Å². The molecule has 1 heterocycles. The highest BCUT2D eigenvalue weighted by molar-refractivity contribution is 5.89. The van der Waals surface area contributed by atoms with Gasteiger partial charge >= 0.3 is 5.97 Å². The Hall–Kier alpha value is -2.36. The number of allylic oxidation sites excluding steroid dienone is 2. The van der Waals surface area contributed by atoms with Crippen molar-refractivity contribution in [3.05, 3.63) is 53.9 Å². The number of ether oxygens (including phenoxy) is 1. The molecule has 1 aliphatic carbocycles. The van der Waals surface area contributed by atoms with Crippen LogP contribution in [0, 0.1) is 0 Å². The zero-order chi connectivity index (χ0) is 13.9. The first-order valence-electron chi connectivity index (χ1n) is 6.73. The maximum Gasteiger partial charge on any atom is 0.356 e. The summed E-state index contributed by atoms with van der Waals surface area (Å²) in [5.41, 5.74) is 3.40. The molecular formula is C16H16N2O2. The summed E-state index contributed by atoms with van der Waals surface area (Å²) in [7, 11) is 1.39. The van der Waals surface area contributed by atoms with Crippen molar-refractivity contribution in [3.8, 4) is 5.69 Å². The van der Waals surface area contributed by atoms with Crippen LogP contribution >= 0.6 is 0 Å². The molecule has 0 atom stereocenters. The number of hydrogen-bond donors (Lipinski definition) is 0. The molecule has 0 saturated carbocycles. The molecule has 2 aromatic rings. The lowest BCUT2D eigenvalue weighted by atomic mass is 10.1. The number of benzene rings is 1. The quantitative estimate of drug-likeness (QED) is 0.803.